The minimum absolute atomic E-state index is 0.981. The lowest BCUT2D eigenvalue weighted by Gasteiger charge is -2.29. The molecule has 0 bridgehead atoms. The van der Waals surface area contributed by atoms with Gasteiger partial charge in [-0.05, 0) is 62.9 Å². The van der Waals surface area contributed by atoms with E-state index in [1.807, 2.05) is 6.92 Å². The van der Waals surface area contributed by atoms with Crippen LogP contribution < -0.4 is 20.4 Å². The molecule has 0 radical (unpaired) electrons. The summed E-state index contributed by atoms with van der Waals surface area (Å²) in [5, 5.41) is 7.72. The Morgan fingerprint density at radius 3 is 2.26 bits per heavy atom. The van der Waals surface area contributed by atoms with Gasteiger partial charge in [0.1, 0.15) is 0 Å². The van der Waals surface area contributed by atoms with Gasteiger partial charge in [-0.15, -0.1) is 0 Å². The molecule has 2 saturated heterocycles. The van der Waals surface area contributed by atoms with Gasteiger partial charge in [-0.25, -0.2) is 4.98 Å². The molecule has 2 aromatic carbocycles. The minimum atomic E-state index is 0.981. The highest BCUT2D eigenvalue weighted by Gasteiger charge is 2.18. The molecule has 5 nitrogen and oxygen atoms in total. The fraction of sp³-hybridized carbons (Fsp3) is 0.433. The topological polar surface area (TPSA) is 43.4 Å². The summed E-state index contributed by atoms with van der Waals surface area (Å²) in [6, 6.07) is 18.1. The Kier molecular flexibility index (Phi) is 8.64. The number of hydrogen-bond acceptors (Lipinski definition) is 5. The van der Waals surface area contributed by atoms with Gasteiger partial charge in [0.05, 0.1) is 11.2 Å². The zero-order valence-corrected chi connectivity index (χ0v) is 21.7. The number of pyridine rings is 1. The Morgan fingerprint density at radius 1 is 0.943 bits per heavy atom. The molecule has 2 aliphatic rings. The second-order valence-corrected chi connectivity index (χ2v) is 9.52. The molecule has 5 rings (SSSR count). The van der Waals surface area contributed by atoms with Crippen LogP contribution in [-0.2, 0) is 6.42 Å². The van der Waals surface area contributed by atoms with E-state index in [9.17, 15) is 0 Å². The molecule has 0 spiro atoms. The zero-order chi connectivity index (χ0) is 24.6. The molecule has 3 heterocycles. The lowest BCUT2D eigenvalue weighted by molar-refractivity contribution is 0.589. The molecule has 5 heteroatoms. The molecule has 3 aromatic rings. The van der Waals surface area contributed by atoms with Crippen molar-refractivity contribution in [2.45, 2.75) is 40.0 Å². The summed E-state index contributed by atoms with van der Waals surface area (Å²) in [6.45, 7) is 17.4. The van der Waals surface area contributed by atoms with Gasteiger partial charge in [-0.1, -0.05) is 37.8 Å². The Labute approximate surface area is 211 Å². The van der Waals surface area contributed by atoms with Crippen molar-refractivity contribution in [3.63, 3.8) is 0 Å². The van der Waals surface area contributed by atoms with Gasteiger partial charge < -0.3 is 20.4 Å². The van der Waals surface area contributed by atoms with Gasteiger partial charge >= 0.3 is 0 Å². The van der Waals surface area contributed by atoms with E-state index in [1.165, 1.54) is 40.7 Å². The molecule has 2 aliphatic heterocycles. The SMILES string of the molecule is C=C(C)NCC.CCc1ccc2c(N3CCCC3)cc(-c3ccc(N4CCNCC4)cc3)nc2c1. The summed E-state index contributed by atoms with van der Waals surface area (Å²) in [5.41, 5.74) is 8.45. The number of hydrogen-bond donors (Lipinski definition) is 2. The van der Waals surface area contributed by atoms with Crippen LogP contribution in [0.15, 0.2) is 60.8 Å². The third-order valence-corrected chi connectivity index (χ3v) is 6.83. The number of allylic oxidation sites excluding steroid dienone is 1. The molecule has 35 heavy (non-hydrogen) atoms. The first-order chi connectivity index (χ1) is 17.1. The van der Waals surface area contributed by atoms with Gasteiger partial charge in [-0.2, -0.15) is 0 Å². The van der Waals surface area contributed by atoms with E-state index in [4.69, 9.17) is 4.98 Å². The first-order valence-electron chi connectivity index (χ1n) is 13.2. The van der Waals surface area contributed by atoms with Crippen molar-refractivity contribution >= 4 is 22.3 Å². The molecule has 0 saturated carbocycles. The Bertz CT molecular complexity index is 1110. The fourth-order valence-corrected chi connectivity index (χ4v) is 4.91. The largest absolute Gasteiger partial charge is 0.389 e. The van der Waals surface area contributed by atoms with Crippen LogP contribution >= 0.6 is 0 Å². The maximum Gasteiger partial charge on any atom is 0.0733 e. The van der Waals surface area contributed by atoms with Crippen LogP contribution in [0.4, 0.5) is 11.4 Å². The van der Waals surface area contributed by atoms with Crippen LogP contribution in [0.5, 0.6) is 0 Å². The molecule has 1 aromatic heterocycles. The second kappa shape index (κ2) is 12.1. The van der Waals surface area contributed by atoms with E-state index >= 15 is 0 Å². The molecule has 2 fully saturated rings. The second-order valence-electron chi connectivity index (χ2n) is 9.52. The van der Waals surface area contributed by atoms with Crippen LogP contribution in [0.2, 0.25) is 0 Å². The fourth-order valence-electron chi connectivity index (χ4n) is 4.91. The molecular formula is C30H41N5. The first kappa shape index (κ1) is 25.1. The van der Waals surface area contributed by atoms with E-state index in [-0.39, 0.29) is 0 Å². The lowest BCUT2D eigenvalue weighted by Crippen LogP contribution is -2.43. The number of benzene rings is 2. The monoisotopic (exact) mass is 471 g/mol. The number of aromatic nitrogens is 1. The summed E-state index contributed by atoms with van der Waals surface area (Å²) in [6.07, 6.45) is 3.61. The standard InChI is InChI=1S/C25H30N4.C5H11N/c1-2-19-5-10-22-24(17-19)27-23(18-25(22)29-13-3-4-14-29)20-6-8-21(9-7-20)28-15-11-26-12-16-28;1-4-6-5(2)3/h5-10,17-18,26H,2-4,11-16H2,1H3;6H,2,4H2,1,3H3. The number of piperazine rings is 1. The number of nitrogens with zero attached hydrogens (tertiary/aromatic N) is 3. The molecule has 0 atom stereocenters. The molecule has 186 valence electrons. The van der Waals surface area contributed by atoms with Gasteiger partial charge in [0.2, 0.25) is 0 Å². The third kappa shape index (κ3) is 6.34. The van der Waals surface area contributed by atoms with Crippen LogP contribution in [-0.4, -0.2) is 50.8 Å². The maximum absolute atomic E-state index is 5.08. The van der Waals surface area contributed by atoms with Crippen LogP contribution in [0.25, 0.3) is 22.2 Å². The molecule has 0 unspecified atom stereocenters. The quantitative estimate of drug-likeness (QED) is 0.490. The van der Waals surface area contributed by atoms with Crippen molar-refractivity contribution in [3.8, 4) is 11.3 Å². The highest BCUT2D eigenvalue weighted by atomic mass is 15.2. The zero-order valence-electron chi connectivity index (χ0n) is 21.7. The van der Waals surface area contributed by atoms with E-state index in [2.05, 4.69) is 89.4 Å². The summed E-state index contributed by atoms with van der Waals surface area (Å²) in [4.78, 5) is 10.1. The third-order valence-electron chi connectivity index (χ3n) is 6.83. The predicted molar refractivity (Wildman–Crippen MR) is 152 cm³/mol. The molecule has 0 amide bonds. The van der Waals surface area contributed by atoms with Crippen molar-refractivity contribution in [1.82, 2.24) is 15.6 Å². The number of fused-ring (bicyclic) bond motifs is 1. The van der Waals surface area contributed by atoms with Crippen molar-refractivity contribution < 1.29 is 0 Å². The Morgan fingerprint density at radius 2 is 1.66 bits per heavy atom. The number of aryl methyl sites for hydroxylation is 1. The van der Waals surface area contributed by atoms with E-state index in [0.717, 1.165) is 69.1 Å². The van der Waals surface area contributed by atoms with Crippen molar-refractivity contribution in [1.29, 1.82) is 0 Å². The molecule has 0 aliphatic carbocycles. The van der Waals surface area contributed by atoms with E-state index in [1.54, 1.807) is 0 Å². The van der Waals surface area contributed by atoms with Crippen LogP contribution in [0.3, 0.4) is 0 Å². The average Bonchev–Trinajstić information content (AvgIpc) is 3.43. The van der Waals surface area contributed by atoms with Gasteiger partial charge in [0, 0.05) is 73.8 Å². The summed E-state index contributed by atoms with van der Waals surface area (Å²) in [5.74, 6) is 0. The van der Waals surface area contributed by atoms with Gasteiger partial charge in [0.15, 0.2) is 0 Å². The normalized spacial score (nSPS) is 15.6. The molecule has 2 N–H and O–H groups in total. The van der Waals surface area contributed by atoms with E-state index < -0.39 is 0 Å². The maximum atomic E-state index is 5.08. The van der Waals surface area contributed by atoms with E-state index in [0.29, 0.717) is 0 Å². The summed E-state index contributed by atoms with van der Waals surface area (Å²) >= 11 is 0. The van der Waals surface area contributed by atoms with Crippen LogP contribution in [0.1, 0.15) is 39.2 Å². The summed E-state index contributed by atoms with van der Waals surface area (Å²) in [7, 11) is 0. The van der Waals surface area contributed by atoms with Crippen LogP contribution in [0, 0.1) is 0 Å². The number of anilines is 2. The van der Waals surface area contributed by atoms with Crippen molar-refractivity contribution in [3.05, 3.63) is 66.4 Å². The summed E-state index contributed by atoms with van der Waals surface area (Å²) < 4.78 is 0. The smallest absolute Gasteiger partial charge is 0.0733 e. The predicted octanol–water partition coefficient (Wildman–Crippen LogP) is 5.60. The highest BCUT2D eigenvalue weighted by molar-refractivity contribution is 5.94. The average molecular weight is 472 g/mol. The van der Waals surface area contributed by atoms with Gasteiger partial charge in [-0.3, -0.25) is 0 Å². The Hall–Kier alpha value is -3.05. The van der Waals surface area contributed by atoms with Gasteiger partial charge in [0.25, 0.3) is 0 Å². The minimum Gasteiger partial charge on any atom is -0.389 e. The van der Waals surface area contributed by atoms with Crippen molar-refractivity contribution in [2.24, 2.45) is 0 Å². The number of rotatable bonds is 6. The number of nitrogens with one attached hydrogen (secondary N) is 2. The Balaban J connectivity index is 0.000000431. The first-order valence-corrected chi connectivity index (χ1v) is 13.2. The molecular weight excluding hydrogens is 430 g/mol. The lowest BCUT2D eigenvalue weighted by atomic mass is 10.0. The highest BCUT2D eigenvalue weighted by Crippen LogP contribution is 2.34. The van der Waals surface area contributed by atoms with Crippen molar-refractivity contribution in [2.75, 3.05) is 55.6 Å².